The molecule has 0 aromatic carbocycles. The Morgan fingerprint density at radius 3 is 2.74 bits per heavy atom. The maximum absolute atomic E-state index is 5.80. The maximum Gasteiger partial charge on any atom is 0.129 e. The van der Waals surface area contributed by atoms with E-state index in [1.807, 2.05) is 18.3 Å². The monoisotopic (exact) mass is 281 g/mol. The van der Waals surface area contributed by atoms with Crippen LogP contribution in [0, 0.1) is 5.92 Å². The fourth-order valence-electron chi connectivity index (χ4n) is 2.83. The molecule has 2 heterocycles. The van der Waals surface area contributed by atoms with Crippen LogP contribution >= 0.6 is 11.6 Å². The Balaban J connectivity index is 1.81. The van der Waals surface area contributed by atoms with Crippen molar-refractivity contribution >= 4 is 17.3 Å². The van der Waals surface area contributed by atoms with Gasteiger partial charge in [-0.25, -0.2) is 4.98 Å². The molecule has 1 atom stereocenters. The van der Waals surface area contributed by atoms with E-state index in [2.05, 4.69) is 29.0 Å². The number of hydrogen-bond acceptors (Lipinski definition) is 3. The van der Waals surface area contributed by atoms with Crippen molar-refractivity contribution in [2.75, 3.05) is 25.0 Å². The van der Waals surface area contributed by atoms with Crippen LogP contribution in [0.5, 0.6) is 0 Å². The van der Waals surface area contributed by atoms with Crippen LogP contribution in [0.1, 0.15) is 33.1 Å². The van der Waals surface area contributed by atoms with E-state index in [1.165, 1.54) is 38.9 Å². The zero-order valence-corrected chi connectivity index (χ0v) is 12.7. The molecule has 1 aliphatic rings. The molecule has 0 amide bonds. The predicted molar refractivity (Wildman–Crippen MR) is 81.8 cm³/mol. The van der Waals surface area contributed by atoms with Gasteiger partial charge in [0.05, 0.1) is 11.9 Å². The SMILES string of the molecule is CCCN1CCC(C(C)Nc2ccc(Cl)nc2)CC1. The highest BCUT2D eigenvalue weighted by Crippen LogP contribution is 2.23. The van der Waals surface area contributed by atoms with E-state index in [4.69, 9.17) is 11.6 Å². The third-order valence-corrected chi connectivity index (χ3v) is 4.22. The Morgan fingerprint density at radius 1 is 1.42 bits per heavy atom. The summed E-state index contributed by atoms with van der Waals surface area (Å²) in [6, 6.07) is 4.32. The first-order chi connectivity index (χ1) is 9.19. The number of nitrogens with one attached hydrogen (secondary N) is 1. The van der Waals surface area contributed by atoms with Gasteiger partial charge in [-0.15, -0.1) is 0 Å². The minimum atomic E-state index is 0.492. The van der Waals surface area contributed by atoms with Crippen molar-refractivity contribution < 1.29 is 0 Å². The minimum absolute atomic E-state index is 0.492. The van der Waals surface area contributed by atoms with Gasteiger partial charge >= 0.3 is 0 Å². The molecule has 1 fully saturated rings. The minimum Gasteiger partial charge on any atom is -0.381 e. The van der Waals surface area contributed by atoms with Gasteiger partial charge in [0, 0.05) is 6.04 Å². The number of piperidine rings is 1. The van der Waals surface area contributed by atoms with E-state index in [-0.39, 0.29) is 0 Å². The average Bonchev–Trinajstić information content (AvgIpc) is 2.42. The summed E-state index contributed by atoms with van der Waals surface area (Å²) in [4.78, 5) is 6.68. The molecule has 1 saturated heterocycles. The zero-order valence-electron chi connectivity index (χ0n) is 11.9. The second kappa shape index (κ2) is 7.11. The Morgan fingerprint density at radius 2 is 2.16 bits per heavy atom. The van der Waals surface area contributed by atoms with Crippen LogP contribution in [0.4, 0.5) is 5.69 Å². The van der Waals surface area contributed by atoms with E-state index in [9.17, 15) is 0 Å². The Labute approximate surface area is 121 Å². The molecule has 4 heteroatoms. The smallest absolute Gasteiger partial charge is 0.129 e. The Kier molecular flexibility index (Phi) is 5.46. The number of anilines is 1. The van der Waals surface area contributed by atoms with Crippen molar-refractivity contribution in [3.8, 4) is 0 Å². The van der Waals surface area contributed by atoms with Gasteiger partial charge in [-0.3, -0.25) is 0 Å². The molecule has 0 bridgehead atoms. The summed E-state index contributed by atoms with van der Waals surface area (Å²) in [7, 11) is 0. The number of likely N-dealkylation sites (tertiary alicyclic amines) is 1. The first-order valence-electron chi connectivity index (χ1n) is 7.29. The lowest BCUT2D eigenvalue weighted by Crippen LogP contribution is -2.39. The average molecular weight is 282 g/mol. The lowest BCUT2D eigenvalue weighted by Gasteiger charge is -2.35. The summed E-state index contributed by atoms with van der Waals surface area (Å²) in [6.45, 7) is 8.25. The topological polar surface area (TPSA) is 28.2 Å². The molecule has 1 N–H and O–H groups in total. The van der Waals surface area contributed by atoms with Gasteiger partial charge in [0.1, 0.15) is 5.15 Å². The second-order valence-corrected chi connectivity index (χ2v) is 5.87. The van der Waals surface area contributed by atoms with Crippen LogP contribution in [0.15, 0.2) is 18.3 Å². The van der Waals surface area contributed by atoms with E-state index >= 15 is 0 Å². The van der Waals surface area contributed by atoms with Crippen molar-refractivity contribution in [1.29, 1.82) is 0 Å². The molecule has 1 aliphatic heterocycles. The number of pyridine rings is 1. The molecule has 2 rings (SSSR count). The van der Waals surface area contributed by atoms with E-state index in [0.717, 1.165) is 11.6 Å². The first kappa shape index (κ1) is 14.6. The van der Waals surface area contributed by atoms with Gasteiger partial charge in [0.2, 0.25) is 0 Å². The molecular weight excluding hydrogens is 258 g/mol. The lowest BCUT2D eigenvalue weighted by atomic mass is 9.90. The summed E-state index contributed by atoms with van der Waals surface area (Å²) in [6.07, 6.45) is 5.64. The van der Waals surface area contributed by atoms with Crippen molar-refractivity contribution in [2.45, 2.75) is 39.2 Å². The molecule has 3 nitrogen and oxygen atoms in total. The molecule has 106 valence electrons. The zero-order chi connectivity index (χ0) is 13.7. The van der Waals surface area contributed by atoms with Crippen molar-refractivity contribution in [1.82, 2.24) is 9.88 Å². The summed E-state index contributed by atoms with van der Waals surface area (Å²) < 4.78 is 0. The molecule has 1 aromatic rings. The third kappa shape index (κ3) is 4.36. The van der Waals surface area contributed by atoms with Crippen molar-refractivity contribution in [3.63, 3.8) is 0 Å². The highest BCUT2D eigenvalue weighted by Gasteiger charge is 2.23. The summed E-state index contributed by atoms with van der Waals surface area (Å²) in [5.41, 5.74) is 1.06. The maximum atomic E-state index is 5.80. The second-order valence-electron chi connectivity index (χ2n) is 5.48. The molecule has 19 heavy (non-hydrogen) atoms. The molecule has 1 aromatic heterocycles. The molecule has 1 unspecified atom stereocenters. The molecular formula is C15H24ClN3. The third-order valence-electron chi connectivity index (χ3n) is 4.00. The first-order valence-corrected chi connectivity index (χ1v) is 7.67. The fourth-order valence-corrected chi connectivity index (χ4v) is 2.95. The van der Waals surface area contributed by atoms with Crippen LogP contribution < -0.4 is 5.32 Å². The highest BCUT2D eigenvalue weighted by molar-refractivity contribution is 6.29. The largest absolute Gasteiger partial charge is 0.381 e. The van der Waals surface area contributed by atoms with Crippen LogP contribution in [0.3, 0.4) is 0 Å². The summed E-state index contributed by atoms with van der Waals surface area (Å²) in [5, 5.41) is 4.09. The van der Waals surface area contributed by atoms with E-state index < -0.39 is 0 Å². The number of aromatic nitrogens is 1. The fraction of sp³-hybridized carbons (Fsp3) is 0.667. The highest BCUT2D eigenvalue weighted by atomic mass is 35.5. The normalized spacial score (nSPS) is 19.3. The Bertz CT molecular complexity index is 371. The quantitative estimate of drug-likeness (QED) is 0.835. The van der Waals surface area contributed by atoms with Crippen molar-refractivity contribution in [2.24, 2.45) is 5.92 Å². The number of hydrogen-bond donors (Lipinski definition) is 1. The number of halogens is 1. The van der Waals surface area contributed by atoms with E-state index in [1.54, 1.807) is 0 Å². The summed E-state index contributed by atoms with van der Waals surface area (Å²) in [5.74, 6) is 0.754. The van der Waals surface area contributed by atoms with Gasteiger partial charge in [-0.1, -0.05) is 18.5 Å². The lowest BCUT2D eigenvalue weighted by molar-refractivity contribution is 0.176. The predicted octanol–water partition coefficient (Wildman–Crippen LogP) is 3.66. The van der Waals surface area contributed by atoms with Crippen LogP contribution in [0.2, 0.25) is 5.15 Å². The van der Waals surface area contributed by atoms with E-state index in [0.29, 0.717) is 11.2 Å². The van der Waals surface area contributed by atoms with Crippen LogP contribution in [-0.2, 0) is 0 Å². The van der Waals surface area contributed by atoms with Gasteiger partial charge in [0.15, 0.2) is 0 Å². The van der Waals surface area contributed by atoms with Crippen molar-refractivity contribution in [3.05, 3.63) is 23.5 Å². The van der Waals surface area contributed by atoms with Crippen LogP contribution in [0.25, 0.3) is 0 Å². The standard InChI is InChI=1S/C15H24ClN3/c1-3-8-19-9-6-13(7-10-19)12(2)18-14-4-5-15(16)17-11-14/h4-5,11-13,18H,3,6-10H2,1-2H3. The van der Waals surface area contributed by atoms with Gasteiger partial charge in [-0.2, -0.15) is 0 Å². The van der Waals surface area contributed by atoms with Gasteiger partial charge in [-0.05, 0) is 63.9 Å². The Hall–Kier alpha value is -0.800. The van der Waals surface area contributed by atoms with Crippen LogP contribution in [-0.4, -0.2) is 35.6 Å². The number of nitrogens with zero attached hydrogens (tertiary/aromatic N) is 2. The van der Waals surface area contributed by atoms with Gasteiger partial charge in [0.25, 0.3) is 0 Å². The summed E-state index contributed by atoms with van der Waals surface area (Å²) >= 11 is 5.80. The molecule has 0 aliphatic carbocycles. The van der Waals surface area contributed by atoms with Gasteiger partial charge < -0.3 is 10.2 Å². The molecule has 0 saturated carbocycles. The molecule has 0 radical (unpaired) electrons. The molecule has 0 spiro atoms. The number of rotatable bonds is 5.